The zero-order valence-electron chi connectivity index (χ0n) is 13.6. The maximum absolute atomic E-state index is 12.4. The first-order valence-electron chi connectivity index (χ1n) is 7.43. The third-order valence-electron chi connectivity index (χ3n) is 3.62. The molecule has 21 heavy (non-hydrogen) atoms. The van der Waals surface area contributed by atoms with Gasteiger partial charge in [-0.3, -0.25) is 4.90 Å². The van der Waals surface area contributed by atoms with Gasteiger partial charge in [-0.2, -0.15) is 0 Å². The van der Waals surface area contributed by atoms with Crippen LogP contribution in [0.3, 0.4) is 0 Å². The molecule has 0 aromatic carbocycles. The number of rotatable bonds is 3. The molecule has 0 radical (unpaired) electrons. The predicted octanol–water partition coefficient (Wildman–Crippen LogP) is 2.09. The van der Waals surface area contributed by atoms with Crippen molar-refractivity contribution >= 4 is 12.1 Å². The molecule has 1 saturated carbocycles. The SMILES string of the molecule is COC(=O)[C@H](C)N(C(=O)OC(C)(C)C)C1CCC(O)CC1. The average molecular weight is 301 g/mol. The average Bonchev–Trinajstić information content (AvgIpc) is 2.38. The first-order valence-corrected chi connectivity index (χ1v) is 7.43. The van der Waals surface area contributed by atoms with Gasteiger partial charge in [0.05, 0.1) is 13.2 Å². The van der Waals surface area contributed by atoms with Gasteiger partial charge >= 0.3 is 12.1 Å². The fourth-order valence-electron chi connectivity index (χ4n) is 2.56. The van der Waals surface area contributed by atoms with Crippen LogP contribution in [0.4, 0.5) is 4.79 Å². The number of hydrogen-bond acceptors (Lipinski definition) is 5. The van der Waals surface area contributed by atoms with Crippen molar-refractivity contribution in [3.63, 3.8) is 0 Å². The summed E-state index contributed by atoms with van der Waals surface area (Å²) in [5.41, 5.74) is -0.626. The molecular weight excluding hydrogens is 274 g/mol. The van der Waals surface area contributed by atoms with E-state index < -0.39 is 23.7 Å². The number of carbonyl (C=O) groups excluding carboxylic acids is 2. The molecule has 1 aliphatic rings. The molecule has 0 aromatic rings. The smallest absolute Gasteiger partial charge is 0.411 e. The van der Waals surface area contributed by atoms with Crippen LogP contribution in [0.1, 0.15) is 53.4 Å². The summed E-state index contributed by atoms with van der Waals surface area (Å²) in [4.78, 5) is 25.7. The number of amides is 1. The molecule has 0 bridgehead atoms. The predicted molar refractivity (Wildman–Crippen MR) is 77.8 cm³/mol. The normalized spacial score (nSPS) is 24.1. The highest BCUT2D eigenvalue weighted by atomic mass is 16.6. The number of carbonyl (C=O) groups is 2. The van der Waals surface area contributed by atoms with Crippen molar-refractivity contribution in [1.82, 2.24) is 4.90 Å². The number of aliphatic hydroxyl groups excluding tert-OH is 1. The van der Waals surface area contributed by atoms with E-state index in [1.807, 2.05) is 0 Å². The number of methoxy groups -OCH3 is 1. The minimum absolute atomic E-state index is 0.114. The minimum atomic E-state index is -0.704. The van der Waals surface area contributed by atoms with Gasteiger partial charge in [-0.25, -0.2) is 9.59 Å². The van der Waals surface area contributed by atoms with E-state index in [0.29, 0.717) is 25.7 Å². The molecule has 6 nitrogen and oxygen atoms in total. The monoisotopic (exact) mass is 301 g/mol. The van der Waals surface area contributed by atoms with Gasteiger partial charge in [0, 0.05) is 6.04 Å². The fourth-order valence-corrected chi connectivity index (χ4v) is 2.56. The number of esters is 1. The fraction of sp³-hybridized carbons (Fsp3) is 0.867. The third kappa shape index (κ3) is 5.19. The van der Waals surface area contributed by atoms with Gasteiger partial charge in [0.2, 0.25) is 0 Å². The molecule has 1 rings (SSSR count). The number of aliphatic hydroxyl groups is 1. The van der Waals surface area contributed by atoms with E-state index >= 15 is 0 Å². The molecule has 0 saturated heterocycles. The molecule has 0 aromatic heterocycles. The lowest BCUT2D eigenvalue weighted by molar-refractivity contribution is -0.147. The van der Waals surface area contributed by atoms with Crippen LogP contribution in [-0.2, 0) is 14.3 Å². The van der Waals surface area contributed by atoms with Gasteiger partial charge in [0.1, 0.15) is 11.6 Å². The second-order valence-corrected chi connectivity index (χ2v) is 6.55. The Morgan fingerprint density at radius 3 is 2.14 bits per heavy atom. The lowest BCUT2D eigenvalue weighted by atomic mass is 9.91. The molecule has 0 aliphatic heterocycles. The van der Waals surface area contributed by atoms with Crippen LogP contribution in [0.25, 0.3) is 0 Å². The largest absolute Gasteiger partial charge is 0.467 e. The first-order chi connectivity index (χ1) is 9.65. The molecular formula is C15H27NO5. The van der Waals surface area contributed by atoms with Crippen LogP contribution in [-0.4, -0.2) is 53.0 Å². The highest BCUT2D eigenvalue weighted by molar-refractivity contribution is 5.81. The van der Waals surface area contributed by atoms with Crippen molar-refractivity contribution in [3.05, 3.63) is 0 Å². The summed E-state index contributed by atoms with van der Waals surface area (Å²) in [6, 6.07) is -0.817. The maximum atomic E-state index is 12.4. The summed E-state index contributed by atoms with van der Waals surface area (Å²) in [6.45, 7) is 7.00. The summed E-state index contributed by atoms with van der Waals surface area (Å²) in [5.74, 6) is -0.466. The van der Waals surface area contributed by atoms with Crippen molar-refractivity contribution in [1.29, 1.82) is 0 Å². The lowest BCUT2D eigenvalue weighted by Gasteiger charge is -2.39. The molecule has 0 spiro atoms. The topological polar surface area (TPSA) is 76.1 Å². The van der Waals surface area contributed by atoms with Gasteiger partial charge in [-0.05, 0) is 53.4 Å². The molecule has 0 unspecified atom stereocenters. The van der Waals surface area contributed by atoms with Crippen LogP contribution in [0.5, 0.6) is 0 Å². The Balaban J connectivity index is 2.89. The van der Waals surface area contributed by atoms with Crippen LogP contribution in [0.2, 0.25) is 0 Å². The Kier molecular flexibility index (Phi) is 6.01. The van der Waals surface area contributed by atoms with Gasteiger partial charge in [-0.1, -0.05) is 0 Å². The third-order valence-corrected chi connectivity index (χ3v) is 3.62. The first kappa shape index (κ1) is 17.8. The number of nitrogens with zero attached hydrogens (tertiary/aromatic N) is 1. The van der Waals surface area contributed by atoms with E-state index in [9.17, 15) is 14.7 Å². The van der Waals surface area contributed by atoms with Gasteiger partial charge in [0.15, 0.2) is 0 Å². The van der Waals surface area contributed by atoms with Gasteiger partial charge < -0.3 is 14.6 Å². The van der Waals surface area contributed by atoms with Crippen LogP contribution in [0, 0.1) is 0 Å². The molecule has 6 heteroatoms. The van der Waals surface area contributed by atoms with Crippen molar-refractivity contribution in [2.45, 2.75) is 77.2 Å². The van der Waals surface area contributed by atoms with Crippen molar-refractivity contribution in [2.75, 3.05) is 7.11 Å². The lowest BCUT2D eigenvalue weighted by Crippen LogP contribution is -2.52. The second-order valence-electron chi connectivity index (χ2n) is 6.55. The van der Waals surface area contributed by atoms with E-state index in [1.165, 1.54) is 12.0 Å². The van der Waals surface area contributed by atoms with Crippen LogP contribution in [0.15, 0.2) is 0 Å². The Bertz CT molecular complexity index is 369. The molecule has 1 N–H and O–H groups in total. The molecule has 1 fully saturated rings. The Morgan fingerprint density at radius 1 is 1.19 bits per heavy atom. The van der Waals surface area contributed by atoms with Gasteiger partial charge in [0.25, 0.3) is 0 Å². The number of hydrogen-bond donors (Lipinski definition) is 1. The standard InChI is InChI=1S/C15H27NO5/c1-10(13(18)20-5)16(14(19)21-15(2,3)4)11-6-8-12(17)9-7-11/h10-12,17H,6-9H2,1-5H3/t10-,11?,12?/m0/s1. The molecule has 1 atom stereocenters. The quantitative estimate of drug-likeness (QED) is 0.808. The summed E-state index contributed by atoms with van der Waals surface area (Å²) in [6.07, 6.45) is 1.72. The zero-order chi connectivity index (χ0) is 16.2. The minimum Gasteiger partial charge on any atom is -0.467 e. The highest BCUT2D eigenvalue weighted by Gasteiger charge is 2.37. The van der Waals surface area contributed by atoms with Crippen molar-refractivity contribution in [2.24, 2.45) is 0 Å². The van der Waals surface area contributed by atoms with Gasteiger partial charge in [-0.15, -0.1) is 0 Å². The summed E-state index contributed by atoms with van der Waals surface area (Å²) in [7, 11) is 1.30. The summed E-state index contributed by atoms with van der Waals surface area (Å²) < 4.78 is 10.2. The van der Waals surface area contributed by atoms with E-state index in [2.05, 4.69) is 0 Å². The van der Waals surface area contributed by atoms with Crippen molar-refractivity contribution in [3.8, 4) is 0 Å². The van der Waals surface area contributed by atoms with Crippen LogP contribution < -0.4 is 0 Å². The number of ether oxygens (including phenoxy) is 2. The molecule has 122 valence electrons. The molecule has 1 aliphatic carbocycles. The van der Waals surface area contributed by atoms with E-state index in [1.54, 1.807) is 27.7 Å². The van der Waals surface area contributed by atoms with E-state index in [0.717, 1.165) is 0 Å². The zero-order valence-corrected chi connectivity index (χ0v) is 13.6. The molecule has 1 amide bonds. The Hall–Kier alpha value is -1.30. The highest BCUT2D eigenvalue weighted by Crippen LogP contribution is 2.26. The van der Waals surface area contributed by atoms with E-state index in [-0.39, 0.29) is 12.1 Å². The van der Waals surface area contributed by atoms with Crippen LogP contribution >= 0.6 is 0 Å². The Labute approximate surface area is 126 Å². The second kappa shape index (κ2) is 7.11. The van der Waals surface area contributed by atoms with E-state index in [4.69, 9.17) is 9.47 Å². The Morgan fingerprint density at radius 2 is 1.71 bits per heavy atom. The summed E-state index contributed by atoms with van der Waals surface area (Å²) >= 11 is 0. The summed E-state index contributed by atoms with van der Waals surface area (Å²) in [5, 5.41) is 9.60. The van der Waals surface area contributed by atoms with Crippen molar-refractivity contribution < 1.29 is 24.2 Å². The maximum Gasteiger partial charge on any atom is 0.411 e. The molecule has 0 heterocycles.